The van der Waals surface area contributed by atoms with E-state index in [1.54, 1.807) is 30.3 Å². The number of hydrogen-bond acceptors (Lipinski definition) is 8. The Bertz CT molecular complexity index is 1650. The van der Waals surface area contributed by atoms with E-state index in [1.807, 2.05) is 44.2 Å². The number of benzene rings is 2. The van der Waals surface area contributed by atoms with E-state index < -0.39 is 11.6 Å². The maximum Gasteiger partial charge on any atom is 0.182 e. The minimum Gasteiger partial charge on any atom is -0.493 e. The first-order valence-corrected chi connectivity index (χ1v) is 13.1. The van der Waals surface area contributed by atoms with Gasteiger partial charge in [-0.3, -0.25) is 9.67 Å². The first-order chi connectivity index (χ1) is 19.9. The van der Waals surface area contributed by atoms with Gasteiger partial charge in [0.15, 0.2) is 11.6 Å². The predicted octanol–water partition coefficient (Wildman–Crippen LogP) is 6.12. The van der Waals surface area contributed by atoms with Gasteiger partial charge in [0.1, 0.15) is 35.5 Å². The number of nitrogens with one attached hydrogen (secondary N) is 1. The highest BCUT2D eigenvalue weighted by Crippen LogP contribution is 2.32. The van der Waals surface area contributed by atoms with Crippen molar-refractivity contribution in [2.24, 2.45) is 0 Å². The van der Waals surface area contributed by atoms with E-state index in [0.717, 1.165) is 11.1 Å². The molecule has 0 aliphatic heterocycles. The minimum atomic E-state index is -0.727. The molecule has 0 spiro atoms. The lowest BCUT2D eigenvalue weighted by molar-refractivity contribution is 0.146. The predicted molar refractivity (Wildman–Crippen MR) is 152 cm³/mol. The second-order valence-corrected chi connectivity index (χ2v) is 9.59. The molecule has 1 N–H and O–H groups in total. The van der Waals surface area contributed by atoms with Gasteiger partial charge in [0.05, 0.1) is 37.7 Å². The zero-order chi connectivity index (χ0) is 28.9. The van der Waals surface area contributed by atoms with Crippen LogP contribution in [-0.4, -0.2) is 52.2 Å². The van der Waals surface area contributed by atoms with Gasteiger partial charge in [-0.2, -0.15) is 5.10 Å². The summed E-state index contributed by atoms with van der Waals surface area (Å²) in [6, 6.07) is 13.4. The molecule has 0 radical (unpaired) electrons. The number of hydrogen-bond donors (Lipinski definition) is 1. The summed E-state index contributed by atoms with van der Waals surface area (Å²) in [5.41, 5.74) is 2.54. The van der Waals surface area contributed by atoms with Gasteiger partial charge in [0, 0.05) is 48.1 Å². The summed E-state index contributed by atoms with van der Waals surface area (Å²) in [5.74, 6) is 0.221. The van der Waals surface area contributed by atoms with Crippen LogP contribution in [0.25, 0.3) is 22.4 Å². The van der Waals surface area contributed by atoms with Crippen LogP contribution in [0, 0.1) is 11.6 Å². The van der Waals surface area contributed by atoms with Crippen molar-refractivity contribution in [1.29, 1.82) is 0 Å². The van der Waals surface area contributed by atoms with Crippen molar-refractivity contribution in [3.63, 3.8) is 0 Å². The maximum absolute atomic E-state index is 15.1. The van der Waals surface area contributed by atoms with Crippen molar-refractivity contribution < 1.29 is 23.0 Å². The Hall–Kier alpha value is -4.64. The van der Waals surface area contributed by atoms with Gasteiger partial charge in [0.25, 0.3) is 0 Å². The van der Waals surface area contributed by atoms with Crippen LogP contribution in [0.15, 0.2) is 60.9 Å². The molecule has 0 unspecified atom stereocenters. The molecule has 0 bridgehead atoms. The van der Waals surface area contributed by atoms with Gasteiger partial charge in [-0.25, -0.2) is 18.7 Å². The van der Waals surface area contributed by atoms with Crippen molar-refractivity contribution in [3.8, 4) is 23.0 Å². The molecular weight excluding hydrogens is 530 g/mol. The normalized spacial score (nSPS) is 11.3. The number of nitrogens with zero attached hydrogens (tertiary/aromatic N) is 5. The van der Waals surface area contributed by atoms with Crippen LogP contribution < -0.4 is 14.8 Å². The van der Waals surface area contributed by atoms with Gasteiger partial charge in [0.2, 0.25) is 0 Å². The lowest BCUT2D eigenvalue weighted by Crippen LogP contribution is -2.09. The monoisotopic (exact) mass is 560 g/mol. The second-order valence-electron chi connectivity index (χ2n) is 9.59. The standard InChI is InChI=1S/C30H30F2N6O3/c1-18(2)25-15-28(34-24-9-10-33-16-27(24)40-4)36-30(35-25)29-20-7-5-6-8-26(20)38(37-29)17-21-22(31)13-19(14-23(21)32)41-12-11-39-3/h5-10,13-16,18H,11-12,17H2,1-4H3,(H,33,34,35,36). The lowest BCUT2D eigenvalue weighted by Gasteiger charge is -2.13. The van der Waals surface area contributed by atoms with Gasteiger partial charge in [-0.15, -0.1) is 0 Å². The van der Waals surface area contributed by atoms with Crippen LogP contribution in [0.1, 0.15) is 31.0 Å². The third kappa shape index (κ3) is 6.09. The zero-order valence-electron chi connectivity index (χ0n) is 23.2. The van der Waals surface area contributed by atoms with E-state index in [4.69, 9.17) is 29.3 Å². The Morgan fingerprint density at radius 1 is 0.976 bits per heavy atom. The van der Waals surface area contributed by atoms with E-state index in [1.165, 1.54) is 19.2 Å². The number of pyridine rings is 1. The van der Waals surface area contributed by atoms with E-state index in [0.29, 0.717) is 40.9 Å². The fourth-order valence-electron chi connectivity index (χ4n) is 4.34. The highest BCUT2D eigenvalue weighted by Gasteiger charge is 2.20. The Morgan fingerprint density at radius 2 is 1.76 bits per heavy atom. The summed E-state index contributed by atoms with van der Waals surface area (Å²) in [4.78, 5) is 13.7. The fourth-order valence-corrected chi connectivity index (χ4v) is 4.34. The average Bonchev–Trinajstić information content (AvgIpc) is 3.34. The fraction of sp³-hybridized carbons (Fsp3) is 0.267. The molecule has 5 rings (SSSR count). The summed E-state index contributed by atoms with van der Waals surface area (Å²) < 4.78 is 47.4. The summed E-state index contributed by atoms with van der Waals surface area (Å²) in [6.45, 7) is 4.42. The third-order valence-corrected chi connectivity index (χ3v) is 6.45. The molecule has 11 heteroatoms. The molecule has 3 aromatic heterocycles. The first kappa shape index (κ1) is 27.9. The van der Waals surface area contributed by atoms with Crippen LogP contribution in [0.5, 0.6) is 11.5 Å². The highest BCUT2D eigenvalue weighted by molar-refractivity contribution is 5.92. The van der Waals surface area contributed by atoms with Gasteiger partial charge < -0.3 is 19.5 Å². The molecule has 2 aromatic carbocycles. The van der Waals surface area contributed by atoms with Crippen LogP contribution in [0.2, 0.25) is 0 Å². The molecule has 0 amide bonds. The smallest absolute Gasteiger partial charge is 0.182 e. The maximum atomic E-state index is 15.1. The molecular formula is C30H30F2N6O3. The zero-order valence-corrected chi connectivity index (χ0v) is 23.2. The average molecular weight is 561 g/mol. The summed E-state index contributed by atoms with van der Waals surface area (Å²) in [6.07, 6.45) is 3.27. The van der Waals surface area contributed by atoms with Gasteiger partial charge in [-0.1, -0.05) is 32.0 Å². The Kier molecular flexibility index (Phi) is 8.34. The quantitative estimate of drug-likeness (QED) is 0.193. The summed E-state index contributed by atoms with van der Waals surface area (Å²) in [5, 5.41) is 8.79. The SMILES string of the molecule is COCCOc1cc(F)c(Cn2nc(-c3nc(Nc4ccncc4OC)cc(C(C)C)n3)c3ccccc32)c(F)c1. The Labute approximate surface area is 236 Å². The number of ether oxygens (including phenoxy) is 3. The Morgan fingerprint density at radius 3 is 2.49 bits per heavy atom. The number of methoxy groups -OCH3 is 2. The molecule has 41 heavy (non-hydrogen) atoms. The van der Waals surface area contributed by atoms with Crippen LogP contribution in [0.3, 0.4) is 0 Å². The van der Waals surface area contributed by atoms with E-state index in [9.17, 15) is 0 Å². The molecule has 212 valence electrons. The lowest BCUT2D eigenvalue weighted by atomic mass is 10.1. The highest BCUT2D eigenvalue weighted by atomic mass is 19.1. The number of fused-ring (bicyclic) bond motifs is 1. The topological polar surface area (TPSA) is 96.2 Å². The summed E-state index contributed by atoms with van der Waals surface area (Å²) in [7, 11) is 3.09. The van der Waals surface area contributed by atoms with Crippen molar-refractivity contribution in [1.82, 2.24) is 24.7 Å². The molecule has 0 atom stereocenters. The molecule has 0 fully saturated rings. The van der Waals surface area contributed by atoms with Crippen molar-refractivity contribution in [3.05, 3.63) is 83.8 Å². The number of aromatic nitrogens is 5. The molecule has 0 saturated carbocycles. The molecule has 3 heterocycles. The third-order valence-electron chi connectivity index (χ3n) is 6.45. The van der Waals surface area contributed by atoms with Crippen molar-refractivity contribution in [2.75, 3.05) is 32.8 Å². The molecule has 0 aliphatic carbocycles. The van der Waals surface area contributed by atoms with E-state index in [-0.39, 0.29) is 30.4 Å². The van der Waals surface area contributed by atoms with Crippen molar-refractivity contribution >= 4 is 22.4 Å². The number of halogens is 2. The van der Waals surface area contributed by atoms with Gasteiger partial charge >= 0.3 is 0 Å². The Balaban J connectivity index is 1.54. The first-order valence-electron chi connectivity index (χ1n) is 13.1. The van der Waals surface area contributed by atoms with Crippen LogP contribution in [0.4, 0.5) is 20.3 Å². The van der Waals surface area contributed by atoms with Crippen molar-refractivity contribution in [2.45, 2.75) is 26.3 Å². The number of para-hydroxylation sites is 1. The van der Waals surface area contributed by atoms with E-state index >= 15 is 8.78 Å². The second kappa shape index (κ2) is 12.3. The largest absolute Gasteiger partial charge is 0.493 e. The number of rotatable bonds is 11. The summed E-state index contributed by atoms with van der Waals surface area (Å²) >= 11 is 0. The van der Waals surface area contributed by atoms with Crippen LogP contribution in [-0.2, 0) is 11.3 Å². The van der Waals surface area contributed by atoms with Gasteiger partial charge in [-0.05, 0) is 18.1 Å². The van der Waals surface area contributed by atoms with Crippen LogP contribution >= 0.6 is 0 Å². The van der Waals surface area contributed by atoms with E-state index in [2.05, 4.69) is 10.3 Å². The molecule has 0 aliphatic rings. The minimum absolute atomic E-state index is 0.0940. The number of anilines is 2. The molecule has 9 nitrogen and oxygen atoms in total. The molecule has 0 saturated heterocycles. The molecule has 5 aromatic rings.